The molecule has 1 aromatic rings. The number of hydrogen-bond acceptors (Lipinski definition) is 3. The molecule has 0 spiro atoms. The number of nitrogens with one attached hydrogen (secondary N) is 2. The van der Waals surface area contributed by atoms with Gasteiger partial charge in [-0.05, 0) is 37.8 Å². The van der Waals surface area contributed by atoms with Gasteiger partial charge in [-0.25, -0.2) is 0 Å². The summed E-state index contributed by atoms with van der Waals surface area (Å²) >= 11 is 0. The first kappa shape index (κ1) is 16.1. The van der Waals surface area contributed by atoms with Crippen LogP contribution in [0.4, 0.5) is 5.69 Å². The lowest BCUT2D eigenvalue weighted by molar-refractivity contribution is -0.892. The third kappa shape index (κ3) is 4.86. The highest BCUT2D eigenvalue weighted by Gasteiger charge is 2.17. The number of carbonyl (C=O) groups is 1. The van der Waals surface area contributed by atoms with Gasteiger partial charge < -0.3 is 19.7 Å². The zero-order chi connectivity index (χ0) is 15.9. The molecule has 0 unspecified atom stereocenters. The maximum absolute atomic E-state index is 12.3. The van der Waals surface area contributed by atoms with Crippen LogP contribution in [0.1, 0.15) is 38.5 Å². The van der Waals surface area contributed by atoms with E-state index in [9.17, 15) is 4.79 Å². The Morgan fingerprint density at radius 2 is 1.65 bits per heavy atom. The van der Waals surface area contributed by atoms with Gasteiger partial charge in [0.25, 0.3) is 5.91 Å². The molecule has 2 aliphatic heterocycles. The molecule has 0 aromatic heterocycles. The van der Waals surface area contributed by atoms with E-state index in [1.165, 1.54) is 37.0 Å². The van der Waals surface area contributed by atoms with Crippen molar-refractivity contribution in [3.8, 4) is 11.5 Å². The van der Waals surface area contributed by atoms with Gasteiger partial charge >= 0.3 is 0 Å². The molecule has 5 heteroatoms. The van der Waals surface area contributed by atoms with Crippen molar-refractivity contribution in [2.45, 2.75) is 38.5 Å². The first-order valence-electron chi connectivity index (χ1n) is 8.84. The summed E-state index contributed by atoms with van der Waals surface area (Å²) in [6.45, 7) is 4.09. The minimum absolute atomic E-state index is 0.0788. The highest BCUT2D eigenvalue weighted by molar-refractivity contribution is 5.91. The summed E-state index contributed by atoms with van der Waals surface area (Å²) in [5.41, 5.74) is 0.783. The van der Waals surface area contributed by atoms with E-state index in [0.29, 0.717) is 19.8 Å². The van der Waals surface area contributed by atoms with Crippen molar-refractivity contribution in [3.63, 3.8) is 0 Å². The molecule has 23 heavy (non-hydrogen) atoms. The Morgan fingerprint density at radius 3 is 2.43 bits per heavy atom. The van der Waals surface area contributed by atoms with Crippen molar-refractivity contribution in [1.29, 1.82) is 0 Å². The second kappa shape index (κ2) is 8.20. The van der Waals surface area contributed by atoms with Crippen LogP contribution in [0.25, 0.3) is 0 Å². The molecule has 0 atom stereocenters. The SMILES string of the molecule is O=C(C[NH+]1CCCCCCC1)Nc1ccc2c(c1)OCCCO2. The van der Waals surface area contributed by atoms with E-state index < -0.39 is 0 Å². The van der Waals surface area contributed by atoms with Gasteiger partial charge in [-0.3, -0.25) is 4.79 Å². The molecule has 1 saturated heterocycles. The van der Waals surface area contributed by atoms with Crippen molar-refractivity contribution in [2.75, 3.05) is 38.2 Å². The second-order valence-corrected chi connectivity index (χ2v) is 6.45. The fraction of sp³-hybridized carbons (Fsp3) is 0.611. The van der Waals surface area contributed by atoms with E-state index in [1.807, 2.05) is 18.2 Å². The van der Waals surface area contributed by atoms with Crippen molar-refractivity contribution in [1.82, 2.24) is 0 Å². The van der Waals surface area contributed by atoms with E-state index in [0.717, 1.165) is 36.7 Å². The van der Waals surface area contributed by atoms with Gasteiger partial charge in [0.2, 0.25) is 0 Å². The van der Waals surface area contributed by atoms with E-state index in [-0.39, 0.29) is 5.91 Å². The maximum Gasteiger partial charge on any atom is 0.279 e. The van der Waals surface area contributed by atoms with Crippen LogP contribution in [0.5, 0.6) is 11.5 Å². The highest BCUT2D eigenvalue weighted by atomic mass is 16.5. The van der Waals surface area contributed by atoms with Crippen molar-refractivity contribution >= 4 is 11.6 Å². The lowest BCUT2D eigenvalue weighted by Crippen LogP contribution is -3.13. The number of ether oxygens (including phenoxy) is 2. The minimum Gasteiger partial charge on any atom is -0.490 e. The van der Waals surface area contributed by atoms with E-state index in [2.05, 4.69) is 5.32 Å². The third-order valence-corrected chi connectivity index (χ3v) is 4.50. The highest BCUT2D eigenvalue weighted by Crippen LogP contribution is 2.32. The van der Waals surface area contributed by atoms with Crippen LogP contribution in [0, 0.1) is 0 Å². The van der Waals surface area contributed by atoms with Gasteiger partial charge in [-0.1, -0.05) is 6.42 Å². The number of rotatable bonds is 3. The molecule has 1 fully saturated rings. The van der Waals surface area contributed by atoms with E-state index >= 15 is 0 Å². The standard InChI is InChI=1S/C18H26N2O3/c21-18(14-20-9-4-2-1-3-5-10-20)19-15-7-8-16-17(13-15)23-12-6-11-22-16/h7-8,13H,1-6,9-12,14H2,(H,19,21)/p+1. The monoisotopic (exact) mass is 319 g/mol. The molecule has 5 nitrogen and oxygen atoms in total. The van der Waals surface area contributed by atoms with Crippen LogP contribution in [-0.2, 0) is 4.79 Å². The fourth-order valence-electron chi connectivity index (χ4n) is 3.26. The first-order chi connectivity index (χ1) is 11.3. The second-order valence-electron chi connectivity index (χ2n) is 6.45. The average Bonchev–Trinajstić information content (AvgIpc) is 2.74. The zero-order valence-electron chi connectivity index (χ0n) is 13.7. The fourth-order valence-corrected chi connectivity index (χ4v) is 3.26. The number of anilines is 1. The van der Waals surface area contributed by atoms with Crippen LogP contribution >= 0.6 is 0 Å². The largest absolute Gasteiger partial charge is 0.490 e. The molecular formula is C18H27N2O3+. The summed E-state index contributed by atoms with van der Waals surface area (Å²) in [6.07, 6.45) is 7.28. The Kier molecular flexibility index (Phi) is 5.75. The van der Waals surface area contributed by atoms with Crippen LogP contribution in [0.3, 0.4) is 0 Å². The van der Waals surface area contributed by atoms with Crippen molar-refractivity contribution in [2.24, 2.45) is 0 Å². The van der Waals surface area contributed by atoms with Gasteiger partial charge in [0.1, 0.15) is 0 Å². The molecule has 1 amide bonds. The first-order valence-corrected chi connectivity index (χ1v) is 8.84. The molecule has 1 aromatic carbocycles. The molecule has 2 aliphatic rings. The number of carbonyl (C=O) groups excluding carboxylic acids is 1. The Balaban J connectivity index is 1.55. The molecule has 3 rings (SSSR count). The normalized spacial score (nSPS) is 19.3. The summed E-state index contributed by atoms with van der Waals surface area (Å²) < 4.78 is 11.3. The molecule has 2 N–H and O–H groups in total. The van der Waals surface area contributed by atoms with Gasteiger partial charge in [0.05, 0.1) is 26.3 Å². The third-order valence-electron chi connectivity index (χ3n) is 4.50. The van der Waals surface area contributed by atoms with Gasteiger partial charge in [0, 0.05) is 18.2 Å². The molecule has 0 bridgehead atoms. The number of hydrogen-bond donors (Lipinski definition) is 2. The topological polar surface area (TPSA) is 52.0 Å². The van der Waals surface area contributed by atoms with Crippen LogP contribution < -0.4 is 19.7 Å². The summed E-state index contributed by atoms with van der Waals surface area (Å²) in [4.78, 5) is 13.7. The Morgan fingerprint density at radius 1 is 0.957 bits per heavy atom. The van der Waals surface area contributed by atoms with Crippen molar-refractivity contribution < 1.29 is 19.2 Å². The Labute approximate surface area is 137 Å². The molecule has 126 valence electrons. The summed E-state index contributed by atoms with van der Waals surface area (Å²) in [7, 11) is 0. The molecule has 0 aliphatic carbocycles. The quantitative estimate of drug-likeness (QED) is 0.890. The smallest absolute Gasteiger partial charge is 0.279 e. The minimum atomic E-state index is 0.0788. The van der Waals surface area contributed by atoms with Gasteiger partial charge in [0.15, 0.2) is 18.0 Å². The number of benzene rings is 1. The Hall–Kier alpha value is -1.75. The maximum atomic E-state index is 12.3. The Bertz CT molecular complexity index is 525. The summed E-state index contributed by atoms with van der Waals surface area (Å²) in [5, 5.41) is 3.00. The predicted molar refractivity (Wildman–Crippen MR) is 89.3 cm³/mol. The van der Waals surface area contributed by atoms with Crippen LogP contribution in [0.15, 0.2) is 18.2 Å². The summed E-state index contributed by atoms with van der Waals surface area (Å²) in [6, 6.07) is 5.62. The van der Waals surface area contributed by atoms with E-state index in [4.69, 9.17) is 9.47 Å². The lowest BCUT2D eigenvalue weighted by Gasteiger charge is -2.21. The number of likely N-dealkylation sites (tertiary alicyclic amines) is 1. The van der Waals surface area contributed by atoms with E-state index in [1.54, 1.807) is 0 Å². The molecular weight excluding hydrogens is 292 g/mol. The van der Waals surface area contributed by atoms with Crippen LogP contribution in [0.2, 0.25) is 0 Å². The molecule has 2 heterocycles. The van der Waals surface area contributed by atoms with Gasteiger partial charge in [-0.2, -0.15) is 0 Å². The average molecular weight is 319 g/mol. The molecule has 0 saturated carbocycles. The molecule has 0 radical (unpaired) electrons. The number of amides is 1. The van der Waals surface area contributed by atoms with Crippen LogP contribution in [-0.4, -0.2) is 38.8 Å². The summed E-state index contributed by atoms with van der Waals surface area (Å²) in [5.74, 6) is 1.56. The zero-order valence-corrected chi connectivity index (χ0v) is 13.7. The number of fused-ring (bicyclic) bond motifs is 1. The van der Waals surface area contributed by atoms with Crippen molar-refractivity contribution in [3.05, 3.63) is 18.2 Å². The predicted octanol–water partition coefficient (Wildman–Crippen LogP) is 1.64. The lowest BCUT2D eigenvalue weighted by atomic mass is 10.1. The number of quaternary nitrogens is 1. The van der Waals surface area contributed by atoms with Gasteiger partial charge in [-0.15, -0.1) is 0 Å².